The van der Waals surface area contributed by atoms with Crippen LogP contribution in [0.5, 0.6) is 0 Å². The quantitative estimate of drug-likeness (QED) is 0.903. The minimum atomic E-state index is -0.447. The molecule has 0 radical (unpaired) electrons. The molecular formula is C16H29N5O2. The number of amides is 1. The lowest BCUT2D eigenvalue weighted by molar-refractivity contribution is 0.0137. The number of ether oxygens (including phenoxy) is 1. The lowest BCUT2D eigenvalue weighted by atomic mass is 9.96. The molecule has 130 valence electrons. The van der Waals surface area contributed by atoms with E-state index >= 15 is 0 Å². The number of carbonyl (C=O) groups excluding carboxylic acids is 1. The summed E-state index contributed by atoms with van der Waals surface area (Å²) in [5, 5.41) is 7.31. The molecule has 1 saturated heterocycles. The Morgan fingerprint density at radius 1 is 1.13 bits per heavy atom. The molecule has 1 aromatic rings. The van der Waals surface area contributed by atoms with E-state index in [-0.39, 0.29) is 11.5 Å². The monoisotopic (exact) mass is 323 g/mol. The van der Waals surface area contributed by atoms with Crippen molar-refractivity contribution in [2.75, 3.05) is 26.2 Å². The predicted molar refractivity (Wildman–Crippen MR) is 88.2 cm³/mol. The average molecular weight is 323 g/mol. The fraction of sp³-hybridized carbons (Fsp3) is 0.812. The Morgan fingerprint density at radius 3 is 2.22 bits per heavy atom. The van der Waals surface area contributed by atoms with Crippen LogP contribution in [0.4, 0.5) is 4.79 Å². The summed E-state index contributed by atoms with van der Waals surface area (Å²) in [4.78, 5) is 20.7. The van der Waals surface area contributed by atoms with Crippen molar-refractivity contribution in [2.45, 2.75) is 59.1 Å². The average Bonchev–Trinajstić information content (AvgIpc) is 2.86. The van der Waals surface area contributed by atoms with Gasteiger partial charge in [0.25, 0.3) is 0 Å². The molecule has 23 heavy (non-hydrogen) atoms. The number of hydrogen-bond donors (Lipinski definition) is 1. The highest BCUT2D eigenvalue weighted by Crippen LogP contribution is 2.18. The van der Waals surface area contributed by atoms with Crippen molar-refractivity contribution in [1.82, 2.24) is 25.0 Å². The fourth-order valence-corrected chi connectivity index (χ4v) is 2.33. The first kappa shape index (κ1) is 17.7. The lowest BCUT2D eigenvalue weighted by Crippen LogP contribution is -2.49. The first-order valence-electron chi connectivity index (χ1n) is 8.17. The van der Waals surface area contributed by atoms with Crippen LogP contribution in [0.25, 0.3) is 0 Å². The van der Waals surface area contributed by atoms with E-state index in [4.69, 9.17) is 4.74 Å². The zero-order chi connectivity index (χ0) is 17.3. The molecule has 1 aliphatic rings. The highest BCUT2D eigenvalue weighted by atomic mass is 16.6. The Balaban J connectivity index is 1.83. The van der Waals surface area contributed by atoms with Gasteiger partial charge in [-0.25, -0.2) is 9.78 Å². The summed E-state index contributed by atoms with van der Waals surface area (Å²) in [7, 11) is 0. The van der Waals surface area contributed by atoms with Gasteiger partial charge in [-0.05, 0) is 20.8 Å². The van der Waals surface area contributed by atoms with Gasteiger partial charge < -0.3 is 9.64 Å². The van der Waals surface area contributed by atoms with Gasteiger partial charge in [-0.3, -0.25) is 10.00 Å². The number of nitrogens with one attached hydrogen (secondary N) is 1. The van der Waals surface area contributed by atoms with E-state index < -0.39 is 5.60 Å². The number of aromatic nitrogens is 3. The second kappa shape index (κ2) is 6.47. The summed E-state index contributed by atoms with van der Waals surface area (Å²) in [5.41, 5.74) is -0.498. The number of nitrogens with zero attached hydrogens (tertiary/aromatic N) is 4. The Bertz CT molecular complexity index is 533. The maximum Gasteiger partial charge on any atom is 0.410 e. The van der Waals surface area contributed by atoms with Gasteiger partial charge in [-0.1, -0.05) is 20.8 Å². The molecule has 1 fully saturated rings. The Kier molecular flexibility index (Phi) is 4.98. The number of rotatable bonds is 2. The van der Waals surface area contributed by atoms with Crippen molar-refractivity contribution in [1.29, 1.82) is 0 Å². The highest BCUT2D eigenvalue weighted by molar-refractivity contribution is 5.68. The molecule has 0 bridgehead atoms. The van der Waals surface area contributed by atoms with Crippen LogP contribution in [0.15, 0.2) is 0 Å². The zero-order valence-corrected chi connectivity index (χ0v) is 15.1. The van der Waals surface area contributed by atoms with Crippen LogP contribution in [-0.2, 0) is 16.7 Å². The Morgan fingerprint density at radius 2 is 1.74 bits per heavy atom. The van der Waals surface area contributed by atoms with Gasteiger partial charge in [-0.15, -0.1) is 0 Å². The summed E-state index contributed by atoms with van der Waals surface area (Å²) < 4.78 is 5.41. The standard InChI is InChI=1S/C16H29N5O2/c1-15(2,3)13-17-12(18-19-13)11-20-7-9-21(10-8-20)14(22)23-16(4,5)6/h7-11H2,1-6H3,(H,17,18,19). The maximum absolute atomic E-state index is 12.0. The number of piperazine rings is 1. The smallest absolute Gasteiger partial charge is 0.410 e. The number of aromatic amines is 1. The molecule has 1 aromatic heterocycles. The third kappa shape index (κ3) is 5.20. The lowest BCUT2D eigenvalue weighted by Gasteiger charge is -2.35. The number of carbonyl (C=O) groups is 1. The molecule has 1 amide bonds. The second-order valence-electron chi connectivity index (χ2n) is 8.10. The third-order valence-electron chi connectivity index (χ3n) is 3.60. The summed E-state index contributed by atoms with van der Waals surface area (Å²) >= 11 is 0. The number of hydrogen-bond acceptors (Lipinski definition) is 5. The Hall–Kier alpha value is -1.63. The number of H-pyrrole nitrogens is 1. The van der Waals surface area contributed by atoms with E-state index in [1.54, 1.807) is 4.90 Å². The first-order chi connectivity index (χ1) is 10.5. The molecule has 0 unspecified atom stereocenters. The van der Waals surface area contributed by atoms with E-state index in [0.717, 1.165) is 31.3 Å². The molecule has 0 aromatic carbocycles. The maximum atomic E-state index is 12.0. The van der Waals surface area contributed by atoms with Gasteiger partial charge in [0, 0.05) is 31.6 Å². The highest BCUT2D eigenvalue weighted by Gasteiger charge is 2.26. The van der Waals surface area contributed by atoms with Crippen LogP contribution in [0.2, 0.25) is 0 Å². The predicted octanol–water partition coefficient (Wildman–Crippen LogP) is 2.15. The van der Waals surface area contributed by atoms with Crippen LogP contribution < -0.4 is 0 Å². The van der Waals surface area contributed by atoms with E-state index in [1.165, 1.54) is 0 Å². The minimum Gasteiger partial charge on any atom is -0.444 e. The van der Waals surface area contributed by atoms with Gasteiger partial charge in [0.1, 0.15) is 11.4 Å². The molecule has 1 aliphatic heterocycles. The summed E-state index contributed by atoms with van der Waals surface area (Å²) in [5.74, 6) is 1.71. The van der Waals surface area contributed by atoms with Crippen molar-refractivity contribution in [3.05, 3.63) is 11.6 Å². The van der Waals surface area contributed by atoms with Crippen molar-refractivity contribution < 1.29 is 9.53 Å². The zero-order valence-electron chi connectivity index (χ0n) is 15.1. The van der Waals surface area contributed by atoms with Crippen LogP contribution in [0, 0.1) is 0 Å². The van der Waals surface area contributed by atoms with Gasteiger partial charge in [0.15, 0.2) is 5.82 Å². The van der Waals surface area contributed by atoms with E-state index in [0.29, 0.717) is 13.1 Å². The van der Waals surface area contributed by atoms with Crippen LogP contribution in [-0.4, -0.2) is 62.9 Å². The molecule has 0 saturated carbocycles. The van der Waals surface area contributed by atoms with E-state index in [2.05, 4.69) is 40.9 Å². The van der Waals surface area contributed by atoms with E-state index in [1.807, 2.05) is 20.8 Å². The van der Waals surface area contributed by atoms with Gasteiger partial charge in [0.2, 0.25) is 0 Å². The molecule has 2 heterocycles. The largest absolute Gasteiger partial charge is 0.444 e. The molecule has 0 aliphatic carbocycles. The SMILES string of the molecule is CC(C)(C)OC(=O)N1CCN(Cc2nc(C(C)(C)C)n[nH]2)CC1. The van der Waals surface area contributed by atoms with E-state index in [9.17, 15) is 4.79 Å². The Labute approximate surface area is 138 Å². The second-order valence-corrected chi connectivity index (χ2v) is 8.10. The van der Waals surface area contributed by atoms with Crippen molar-refractivity contribution in [3.63, 3.8) is 0 Å². The normalized spacial score (nSPS) is 17.4. The van der Waals surface area contributed by atoms with Crippen LogP contribution in [0.3, 0.4) is 0 Å². The van der Waals surface area contributed by atoms with Gasteiger partial charge >= 0.3 is 6.09 Å². The van der Waals surface area contributed by atoms with Crippen LogP contribution >= 0.6 is 0 Å². The first-order valence-corrected chi connectivity index (χ1v) is 8.17. The molecule has 1 N–H and O–H groups in total. The molecule has 0 spiro atoms. The molecule has 2 rings (SSSR count). The van der Waals surface area contributed by atoms with Crippen molar-refractivity contribution >= 4 is 6.09 Å². The fourth-order valence-electron chi connectivity index (χ4n) is 2.33. The van der Waals surface area contributed by atoms with Gasteiger partial charge in [-0.2, -0.15) is 5.10 Å². The summed E-state index contributed by atoms with van der Waals surface area (Å²) in [6.07, 6.45) is -0.230. The van der Waals surface area contributed by atoms with Crippen molar-refractivity contribution in [3.8, 4) is 0 Å². The third-order valence-corrected chi connectivity index (χ3v) is 3.60. The molecule has 0 atom stereocenters. The molecule has 7 nitrogen and oxygen atoms in total. The molecule has 7 heteroatoms. The van der Waals surface area contributed by atoms with Crippen LogP contribution in [0.1, 0.15) is 53.2 Å². The molecular weight excluding hydrogens is 294 g/mol. The minimum absolute atomic E-state index is 0.0514. The topological polar surface area (TPSA) is 74.3 Å². The van der Waals surface area contributed by atoms with Gasteiger partial charge in [0.05, 0.1) is 6.54 Å². The summed E-state index contributed by atoms with van der Waals surface area (Å²) in [6.45, 7) is 15.7. The van der Waals surface area contributed by atoms with Crippen molar-refractivity contribution in [2.24, 2.45) is 0 Å². The summed E-state index contributed by atoms with van der Waals surface area (Å²) in [6, 6.07) is 0.